The molecule has 1 aromatic heterocycles. The molecule has 1 aromatic carbocycles. The molecule has 0 aliphatic carbocycles. The lowest BCUT2D eigenvalue weighted by Crippen LogP contribution is -2.35. The molecule has 20 heavy (non-hydrogen) atoms. The van der Waals surface area contributed by atoms with Crippen LogP contribution in [0.2, 0.25) is 0 Å². The van der Waals surface area contributed by atoms with Gasteiger partial charge in [-0.1, -0.05) is 32.0 Å². The normalized spacial score (nSPS) is 11.6. The third-order valence-corrected chi connectivity index (χ3v) is 3.49. The van der Waals surface area contributed by atoms with Gasteiger partial charge in [0.1, 0.15) is 5.82 Å². The Morgan fingerprint density at radius 1 is 1.15 bits per heavy atom. The molecule has 0 saturated heterocycles. The van der Waals surface area contributed by atoms with Gasteiger partial charge in [-0.15, -0.1) is 0 Å². The summed E-state index contributed by atoms with van der Waals surface area (Å²) >= 11 is 0. The number of rotatable bonds is 5. The van der Waals surface area contributed by atoms with Crippen LogP contribution in [0.25, 0.3) is 10.9 Å². The molecular weight excluding hydrogens is 246 g/mol. The van der Waals surface area contributed by atoms with Crippen LogP contribution in [0.15, 0.2) is 30.3 Å². The number of anilines is 1. The van der Waals surface area contributed by atoms with E-state index in [0.717, 1.165) is 23.3 Å². The quantitative estimate of drug-likeness (QED) is 0.904. The van der Waals surface area contributed by atoms with Crippen molar-refractivity contribution in [2.24, 2.45) is 11.7 Å². The van der Waals surface area contributed by atoms with Gasteiger partial charge in [0.05, 0.1) is 5.52 Å². The molecule has 0 aliphatic rings. The van der Waals surface area contributed by atoms with Gasteiger partial charge in [-0.05, 0) is 37.5 Å². The first kappa shape index (κ1) is 14.8. The maximum Gasteiger partial charge on any atom is 0.129 e. The Morgan fingerprint density at radius 3 is 2.45 bits per heavy atom. The maximum atomic E-state index is 5.92. The van der Waals surface area contributed by atoms with Gasteiger partial charge in [0, 0.05) is 24.5 Å². The van der Waals surface area contributed by atoms with Crippen LogP contribution in [0.1, 0.15) is 33.3 Å². The molecule has 2 rings (SSSR count). The van der Waals surface area contributed by atoms with Crippen LogP contribution in [0, 0.1) is 5.92 Å². The smallest absolute Gasteiger partial charge is 0.129 e. The topological polar surface area (TPSA) is 42.1 Å². The zero-order chi connectivity index (χ0) is 14.7. The summed E-state index contributed by atoms with van der Waals surface area (Å²) in [6.07, 6.45) is 0. The molecular formula is C17H25N3. The molecule has 1 heterocycles. The first-order valence-corrected chi connectivity index (χ1v) is 7.38. The van der Waals surface area contributed by atoms with E-state index in [9.17, 15) is 0 Å². The van der Waals surface area contributed by atoms with E-state index >= 15 is 0 Å². The van der Waals surface area contributed by atoms with Crippen molar-refractivity contribution < 1.29 is 0 Å². The maximum absolute atomic E-state index is 5.92. The summed E-state index contributed by atoms with van der Waals surface area (Å²) in [5.74, 6) is 1.64. The van der Waals surface area contributed by atoms with E-state index in [-0.39, 0.29) is 0 Å². The van der Waals surface area contributed by atoms with Crippen molar-refractivity contribution in [2.45, 2.75) is 40.3 Å². The average molecular weight is 271 g/mol. The van der Waals surface area contributed by atoms with E-state index in [0.29, 0.717) is 18.5 Å². The fourth-order valence-electron chi connectivity index (χ4n) is 2.51. The zero-order valence-corrected chi connectivity index (χ0v) is 12.9. The molecule has 108 valence electrons. The first-order chi connectivity index (χ1) is 9.52. The fraction of sp³-hybridized carbons (Fsp3) is 0.471. The molecule has 3 heteroatoms. The monoisotopic (exact) mass is 271 g/mol. The highest BCUT2D eigenvalue weighted by atomic mass is 15.2. The van der Waals surface area contributed by atoms with E-state index < -0.39 is 0 Å². The Morgan fingerprint density at radius 2 is 1.85 bits per heavy atom. The van der Waals surface area contributed by atoms with E-state index in [1.807, 2.05) is 12.1 Å². The largest absolute Gasteiger partial charge is 0.354 e. The standard InChI is InChI=1S/C17H25N3/c1-12(2)11-20(13(3)4)17-9-14(10-18)15-7-5-6-8-16(15)19-17/h5-9,12-13H,10-11,18H2,1-4H3. The average Bonchev–Trinajstić information content (AvgIpc) is 2.43. The van der Waals surface area contributed by atoms with Crippen LogP contribution in [-0.4, -0.2) is 17.6 Å². The second-order valence-electron chi connectivity index (χ2n) is 6.00. The van der Waals surface area contributed by atoms with Crippen LogP contribution >= 0.6 is 0 Å². The minimum Gasteiger partial charge on any atom is -0.354 e. The highest BCUT2D eigenvalue weighted by Gasteiger charge is 2.15. The van der Waals surface area contributed by atoms with E-state index in [1.54, 1.807) is 0 Å². The zero-order valence-electron chi connectivity index (χ0n) is 12.9. The third-order valence-electron chi connectivity index (χ3n) is 3.49. The number of fused-ring (bicyclic) bond motifs is 1. The predicted octanol–water partition coefficient (Wildman–Crippen LogP) is 3.56. The summed E-state index contributed by atoms with van der Waals surface area (Å²) in [6, 6.07) is 10.8. The van der Waals surface area contributed by atoms with Gasteiger partial charge in [-0.25, -0.2) is 4.98 Å². The van der Waals surface area contributed by atoms with E-state index in [4.69, 9.17) is 10.7 Å². The lowest BCUT2D eigenvalue weighted by Gasteiger charge is -2.30. The van der Waals surface area contributed by atoms with Crippen molar-refractivity contribution in [3.63, 3.8) is 0 Å². The summed E-state index contributed by atoms with van der Waals surface area (Å²) in [5, 5.41) is 1.16. The van der Waals surface area contributed by atoms with Crippen molar-refractivity contribution in [1.29, 1.82) is 0 Å². The third kappa shape index (κ3) is 3.10. The van der Waals surface area contributed by atoms with Crippen LogP contribution in [0.5, 0.6) is 0 Å². The van der Waals surface area contributed by atoms with Gasteiger partial charge in [0.2, 0.25) is 0 Å². The van der Waals surface area contributed by atoms with Gasteiger partial charge in [0.25, 0.3) is 0 Å². The second kappa shape index (κ2) is 6.23. The summed E-state index contributed by atoms with van der Waals surface area (Å²) < 4.78 is 0. The highest BCUT2D eigenvalue weighted by Crippen LogP contribution is 2.24. The van der Waals surface area contributed by atoms with Crippen LogP contribution in [0.4, 0.5) is 5.82 Å². The molecule has 0 atom stereocenters. The number of nitrogens with zero attached hydrogens (tertiary/aromatic N) is 2. The number of hydrogen-bond donors (Lipinski definition) is 1. The van der Waals surface area contributed by atoms with Crippen LogP contribution < -0.4 is 10.6 Å². The number of aromatic nitrogens is 1. The van der Waals surface area contributed by atoms with Crippen molar-refractivity contribution >= 4 is 16.7 Å². The Labute approximate surface area is 121 Å². The molecule has 0 aliphatic heterocycles. The van der Waals surface area contributed by atoms with Crippen molar-refractivity contribution in [2.75, 3.05) is 11.4 Å². The van der Waals surface area contributed by atoms with Gasteiger partial charge in [-0.3, -0.25) is 0 Å². The minimum absolute atomic E-state index is 0.427. The molecule has 2 N–H and O–H groups in total. The number of benzene rings is 1. The van der Waals surface area contributed by atoms with Crippen molar-refractivity contribution in [1.82, 2.24) is 4.98 Å². The molecule has 0 radical (unpaired) electrons. The Hall–Kier alpha value is -1.61. The fourth-order valence-corrected chi connectivity index (χ4v) is 2.51. The molecule has 0 fully saturated rings. The summed E-state index contributed by atoms with van der Waals surface area (Å²) in [5.41, 5.74) is 8.11. The number of pyridine rings is 1. The predicted molar refractivity (Wildman–Crippen MR) is 87.0 cm³/mol. The summed E-state index contributed by atoms with van der Waals surface area (Å²) in [6.45, 7) is 10.4. The highest BCUT2D eigenvalue weighted by molar-refractivity contribution is 5.84. The first-order valence-electron chi connectivity index (χ1n) is 7.38. The Kier molecular flexibility index (Phi) is 4.61. The lowest BCUT2D eigenvalue weighted by atomic mass is 10.1. The van der Waals surface area contributed by atoms with Gasteiger partial charge in [-0.2, -0.15) is 0 Å². The summed E-state index contributed by atoms with van der Waals surface area (Å²) in [4.78, 5) is 7.19. The molecule has 0 unspecified atom stereocenters. The van der Waals surface area contributed by atoms with Gasteiger partial charge >= 0.3 is 0 Å². The van der Waals surface area contributed by atoms with Crippen LogP contribution in [0.3, 0.4) is 0 Å². The van der Waals surface area contributed by atoms with Gasteiger partial charge < -0.3 is 10.6 Å². The molecule has 0 bridgehead atoms. The second-order valence-corrected chi connectivity index (χ2v) is 6.00. The number of nitrogens with two attached hydrogens (primary N) is 1. The minimum atomic E-state index is 0.427. The molecule has 0 saturated carbocycles. The van der Waals surface area contributed by atoms with Crippen molar-refractivity contribution in [3.05, 3.63) is 35.9 Å². The van der Waals surface area contributed by atoms with E-state index in [2.05, 4.69) is 50.8 Å². The van der Waals surface area contributed by atoms with Crippen LogP contribution in [-0.2, 0) is 6.54 Å². The SMILES string of the molecule is CC(C)CN(c1cc(CN)c2ccccc2n1)C(C)C. The van der Waals surface area contributed by atoms with Gasteiger partial charge in [0.15, 0.2) is 0 Å². The molecule has 3 nitrogen and oxygen atoms in total. The Balaban J connectivity index is 2.52. The number of para-hydroxylation sites is 1. The molecule has 0 amide bonds. The summed E-state index contributed by atoms with van der Waals surface area (Å²) in [7, 11) is 0. The molecule has 2 aromatic rings. The number of hydrogen-bond acceptors (Lipinski definition) is 3. The Bertz CT molecular complexity index is 575. The lowest BCUT2D eigenvalue weighted by molar-refractivity contribution is 0.566. The molecule has 0 spiro atoms. The van der Waals surface area contributed by atoms with E-state index in [1.165, 1.54) is 5.56 Å². The van der Waals surface area contributed by atoms with Crippen molar-refractivity contribution in [3.8, 4) is 0 Å².